The minimum atomic E-state index is -1.16. The lowest BCUT2D eigenvalue weighted by Crippen LogP contribution is -2.08. The van der Waals surface area contributed by atoms with E-state index >= 15 is 0 Å². The van der Waals surface area contributed by atoms with Crippen molar-refractivity contribution in [2.75, 3.05) is 5.32 Å². The van der Waals surface area contributed by atoms with Gasteiger partial charge in [0.15, 0.2) is 0 Å². The number of rotatable bonds is 4. The van der Waals surface area contributed by atoms with Gasteiger partial charge in [0.1, 0.15) is 0 Å². The maximum absolute atomic E-state index is 11.2. The molecule has 0 aliphatic carbocycles. The number of carbonyl (C=O) groups excluding carboxylic acids is 1. The van der Waals surface area contributed by atoms with E-state index in [1.54, 1.807) is 24.3 Å². The van der Waals surface area contributed by atoms with Gasteiger partial charge in [-0.2, -0.15) is 0 Å². The summed E-state index contributed by atoms with van der Waals surface area (Å²) in [5.41, 5.74) is 6.97. The van der Waals surface area contributed by atoms with Crippen LogP contribution in [0.15, 0.2) is 36.4 Å². The lowest BCUT2D eigenvalue weighted by atomic mass is 10.2. The second kappa shape index (κ2) is 5.67. The molecule has 0 atom stereocenters. The van der Waals surface area contributed by atoms with E-state index in [0.717, 1.165) is 17.7 Å². The minimum Gasteiger partial charge on any atom is -0.478 e. The van der Waals surface area contributed by atoms with E-state index in [0.29, 0.717) is 12.2 Å². The van der Waals surface area contributed by atoms with E-state index in [4.69, 9.17) is 10.8 Å². The van der Waals surface area contributed by atoms with Gasteiger partial charge in [0, 0.05) is 24.4 Å². The molecule has 0 saturated carbocycles. The van der Waals surface area contributed by atoms with Crippen LogP contribution in [0.25, 0.3) is 0 Å². The van der Waals surface area contributed by atoms with E-state index < -0.39 is 11.9 Å². The highest BCUT2D eigenvalue weighted by Gasteiger charge is 1.98. The van der Waals surface area contributed by atoms with E-state index in [1.807, 2.05) is 0 Å². The molecule has 0 unspecified atom stereocenters. The van der Waals surface area contributed by atoms with Gasteiger partial charge in [-0.3, -0.25) is 4.79 Å². The number of hydrogen-bond acceptors (Lipinski definition) is 3. The summed E-state index contributed by atoms with van der Waals surface area (Å²) >= 11 is 0. The predicted molar refractivity (Wildman–Crippen MR) is 59.7 cm³/mol. The van der Waals surface area contributed by atoms with Gasteiger partial charge in [-0.15, -0.1) is 0 Å². The fraction of sp³-hybridized carbons (Fsp3) is 0.0909. The lowest BCUT2D eigenvalue weighted by molar-refractivity contribution is -0.131. The number of anilines is 1. The van der Waals surface area contributed by atoms with Crippen LogP contribution in [-0.2, 0) is 16.1 Å². The Morgan fingerprint density at radius 1 is 1.25 bits per heavy atom. The summed E-state index contributed by atoms with van der Waals surface area (Å²) in [5, 5.41) is 10.8. The zero-order valence-corrected chi connectivity index (χ0v) is 8.51. The molecule has 4 N–H and O–H groups in total. The SMILES string of the molecule is NCc1ccc(NC(=O)C=CC(=O)O)cc1. The third-order valence-electron chi connectivity index (χ3n) is 1.83. The summed E-state index contributed by atoms with van der Waals surface area (Å²) in [4.78, 5) is 21.3. The number of amides is 1. The molecule has 0 aliphatic rings. The Balaban J connectivity index is 2.59. The average Bonchev–Trinajstić information content (AvgIpc) is 2.27. The molecule has 0 spiro atoms. The molecule has 0 aromatic heterocycles. The molecular formula is C11H12N2O3. The van der Waals surface area contributed by atoms with Gasteiger partial charge in [0.25, 0.3) is 0 Å². The summed E-state index contributed by atoms with van der Waals surface area (Å²) in [6.07, 6.45) is 1.74. The van der Waals surface area contributed by atoms with Gasteiger partial charge in [0.2, 0.25) is 5.91 Å². The first-order valence-electron chi connectivity index (χ1n) is 4.63. The standard InChI is InChI=1S/C11H12N2O3/c12-7-8-1-3-9(4-2-8)13-10(14)5-6-11(15)16/h1-6H,7,12H2,(H,13,14)(H,15,16). The predicted octanol–water partition coefficient (Wildman–Crippen LogP) is 0.725. The average molecular weight is 220 g/mol. The Bertz CT molecular complexity index is 410. The summed E-state index contributed by atoms with van der Waals surface area (Å²) in [7, 11) is 0. The Hall–Kier alpha value is -2.14. The molecule has 5 heteroatoms. The molecular weight excluding hydrogens is 208 g/mol. The van der Waals surface area contributed by atoms with Crippen LogP contribution in [0, 0.1) is 0 Å². The number of carboxylic acids is 1. The molecule has 1 aromatic carbocycles. The van der Waals surface area contributed by atoms with Crippen molar-refractivity contribution < 1.29 is 14.7 Å². The van der Waals surface area contributed by atoms with Crippen LogP contribution in [0.2, 0.25) is 0 Å². The van der Waals surface area contributed by atoms with Crippen molar-refractivity contribution in [2.24, 2.45) is 5.73 Å². The maximum atomic E-state index is 11.2. The van der Waals surface area contributed by atoms with Crippen molar-refractivity contribution in [1.82, 2.24) is 0 Å². The van der Waals surface area contributed by atoms with Gasteiger partial charge in [-0.05, 0) is 17.7 Å². The smallest absolute Gasteiger partial charge is 0.328 e. The Labute approximate surface area is 92.6 Å². The van der Waals surface area contributed by atoms with Gasteiger partial charge < -0.3 is 16.2 Å². The second-order valence-corrected chi connectivity index (χ2v) is 3.06. The lowest BCUT2D eigenvalue weighted by Gasteiger charge is -2.02. The van der Waals surface area contributed by atoms with Crippen LogP contribution in [0.4, 0.5) is 5.69 Å². The summed E-state index contributed by atoms with van der Waals surface area (Å²) in [6, 6.07) is 6.98. The molecule has 0 saturated heterocycles. The Morgan fingerprint density at radius 3 is 2.38 bits per heavy atom. The van der Waals surface area contributed by atoms with Crippen molar-refractivity contribution in [3.05, 3.63) is 42.0 Å². The number of nitrogens with two attached hydrogens (primary N) is 1. The number of hydrogen-bond donors (Lipinski definition) is 3. The molecule has 0 heterocycles. The third-order valence-corrected chi connectivity index (χ3v) is 1.83. The number of nitrogens with one attached hydrogen (secondary N) is 1. The fourth-order valence-electron chi connectivity index (χ4n) is 1.06. The van der Waals surface area contributed by atoms with Crippen molar-refractivity contribution in [3.63, 3.8) is 0 Å². The van der Waals surface area contributed by atoms with E-state index in [9.17, 15) is 9.59 Å². The highest BCUT2D eigenvalue weighted by Crippen LogP contribution is 2.08. The molecule has 0 aliphatic heterocycles. The number of carbonyl (C=O) groups is 2. The molecule has 1 amide bonds. The van der Waals surface area contributed by atoms with E-state index in [2.05, 4.69) is 5.32 Å². The highest BCUT2D eigenvalue weighted by atomic mass is 16.4. The van der Waals surface area contributed by atoms with Crippen LogP contribution in [0.5, 0.6) is 0 Å². The van der Waals surface area contributed by atoms with Crippen LogP contribution in [0.3, 0.4) is 0 Å². The zero-order chi connectivity index (χ0) is 12.0. The van der Waals surface area contributed by atoms with Gasteiger partial charge >= 0.3 is 5.97 Å². The van der Waals surface area contributed by atoms with Gasteiger partial charge in [0.05, 0.1) is 0 Å². The first-order chi connectivity index (χ1) is 7.61. The first-order valence-corrected chi connectivity index (χ1v) is 4.63. The third kappa shape index (κ3) is 3.93. The molecule has 84 valence electrons. The van der Waals surface area contributed by atoms with Crippen molar-refractivity contribution in [3.8, 4) is 0 Å². The summed E-state index contributed by atoms with van der Waals surface area (Å²) in [6.45, 7) is 0.438. The normalized spacial score (nSPS) is 10.3. The molecule has 0 bridgehead atoms. The summed E-state index contributed by atoms with van der Waals surface area (Å²) < 4.78 is 0. The first kappa shape index (κ1) is 11.9. The van der Waals surface area contributed by atoms with Crippen molar-refractivity contribution in [1.29, 1.82) is 0 Å². The largest absolute Gasteiger partial charge is 0.478 e. The van der Waals surface area contributed by atoms with Gasteiger partial charge in [-0.25, -0.2) is 4.79 Å². The van der Waals surface area contributed by atoms with Crippen molar-refractivity contribution in [2.45, 2.75) is 6.54 Å². The van der Waals surface area contributed by atoms with Crippen LogP contribution < -0.4 is 11.1 Å². The zero-order valence-electron chi connectivity index (χ0n) is 8.51. The molecule has 16 heavy (non-hydrogen) atoms. The van der Waals surface area contributed by atoms with Gasteiger partial charge in [-0.1, -0.05) is 12.1 Å². The topological polar surface area (TPSA) is 92.4 Å². The highest BCUT2D eigenvalue weighted by molar-refractivity contribution is 6.02. The number of carboxylic acid groups (broad SMARTS) is 1. The quantitative estimate of drug-likeness (QED) is 0.652. The Kier molecular flexibility index (Phi) is 4.23. The number of benzene rings is 1. The molecule has 1 aromatic rings. The van der Waals surface area contributed by atoms with Crippen LogP contribution in [0.1, 0.15) is 5.56 Å². The van der Waals surface area contributed by atoms with E-state index in [1.165, 1.54) is 0 Å². The molecule has 0 fully saturated rings. The van der Waals surface area contributed by atoms with Crippen LogP contribution in [-0.4, -0.2) is 17.0 Å². The maximum Gasteiger partial charge on any atom is 0.328 e. The molecule has 1 rings (SSSR count). The summed E-state index contributed by atoms with van der Waals surface area (Å²) in [5.74, 6) is -1.64. The number of aliphatic carboxylic acids is 1. The molecule has 0 radical (unpaired) electrons. The second-order valence-electron chi connectivity index (χ2n) is 3.06. The fourth-order valence-corrected chi connectivity index (χ4v) is 1.06. The monoisotopic (exact) mass is 220 g/mol. The Morgan fingerprint density at radius 2 is 1.88 bits per heavy atom. The van der Waals surface area contributed by atoms with Crippen molar-refractivity contribution >= 4 is 17.6 Å². The van der Waals surface area contributed by atoms with Crippen LogP contribution >= 0.6 is 0 Å². The minimum absolute atomic E-state index is 0.438. The van der Waals surface area contributed by atoms with E-state index in [-0.39, 0.29) is 0 Å². The molecule has 5 nitrogen and oxygen atoms in total.